The number of nitrogens with zero attached hydrogens (tertiary/aromatic N) is 6. The van der Waals surface area contributed by atoms with Crippen LogP contribution in [0.3, 0.4) is 0 Å². The minimum atomic E-state index is -0.278. The lowest BCUT2D eigenvalue weighted by Crippen LogP contribution is -2.68. The van der Waals surface area contributed by atoms with Crippen LogP contribution in [0.1, 0.15) is 37.1 Å². The van der Waals surface area contributed by atoms with Crippen molar-refractivity contribution in [1.82, 2.24) is 25.1 Å². The van der Waals surface area contributed by atoms with Crippen molar-refractivity contribution >= 4 is 17.3 Å². The van der Waals surface area contributed by atoms with E-state index in [0.29, 0.717) is 12.1 Å². The van der Waals surface area contributed by atoms with Gasteiger partial charge in [-0.2, -0.15) is 5.10 Å². The second kappa shape index (κ2) is 10.0. The molecule has 3 fully saturated rings. The maximum absolute atomic E-state index is 13.5. The molecule has 2 N–H and O–H groups in total. The van der Waals surface area contributed by atoms with Crippen molar-refractivity contribution in [3.8, 4) is 0 Å². The Labute approximate surface area is 210 Å². The molecule has 3 aromatic rings. The normalized spacial score (nSPS) is 20.3. The van der Waals surface area contributed by atoms with Gasteiger partial charge in [0.2, 0.25) is 0 Å². The summed E-state index contributed by atoms with van der Waals surface area (Å²) in [6, 6.07) is 8.55. The number of halogens is 1. The maximum Gasteiger partial charge on any atom is 0.152 e. The summed E-state index contributed by atoms with van der Waals surface area (Å²) in [7, 11) is 0. The van der Waals surface area contributed by atoms with E-state index in [4.69, 9.17) is 9.98 Å². The molecule has 0 aliphatic carbocycles. The largest absolute Gasteiger partial charge is 0.353 e. The molecule has 0 saturated carbocycles. The summed E-state index contributed by atoms with van der Waals surface area (Å²) in [4.78, 5) is 18.2. The number of piperazine rings is 1. The highest BCUT2D eigenvalue weighted by Crippen LogP contribution is 2.35. The summed E-state index contributed by atoms with van der Waals surface area (Å²) < 4.78 is 13.5. The molecule has 8 nitrogen and oxygen atoms in total. The standard InChI is InChI=1S/C27H31FN8/c1-17(7-18(2)32-26-8-19(3)33-34-26)31-20(4)22-5-6-27(30-12-22)35-15-24-10-25(16-35)36(24)14-21-9-23(28)13-29-11-21/h5-9,11-13,24-25H,2,10,14-16H2,1,3-4H3,(H2,32,33,34)/b17-7-,31-20+. The molecule has 9 heteroatoms. The Hall–Kier alpha value is -3.85. The molecule has 0 aromatic carbocycles. The van der Waals surface area contributed by atoms with Crippen LogP contribution in [0, 0.1) is 12.7 Å². The van der Waals surface area contributed by atoms with E-state index in [9.17, 15) is 4.39 Å². The van der Waals surface area contributed by atoms with Crippen molar-refractivity contribution in [3.05, 3.63) is 89.5 Å². The van der Waals surface area contributed by atoms with E-state index >= 15 is 0 Å². The van der Waals surface area contributed by atoms with E-state index in [1.165, 1.54) is 12.6 Å². The summed E-state index contributed by atoms with van der Waals surface area (Å²) in [5, 5.41) is 10.2. The number of nitrogens with one attached hydrogen (secondary N) is 2. The SMILES string of the molecule is C=C(/C=C(C)\N=C(/C)c1ccc(N2CC3CC(C2)N3Cc2cncc(F)c2)nc1)Nc1cc(C)[nH]n1. The zero-order chi connectivity index (χ0) is 25.2. The Kier molecular flexibility index (Phi) is 6.65. The topological polar surface area (TPSA) is 85.3 Å². The molecule has 0 radical (unpaired) electrons. The summed E-state index contributed by atoms with van der Waals surface area (Å²) in [6.07, 6.45) is 7.95. The van der Waals surface area contributed by atoms with Crippen LogP contribution in [0.25, 0.3) is 0 Å². The van der Waals surface area contributed by atoms with Gasteiger partial charge in [-0.15, -0.1) is 0 Å². The second-order valence-corrected chi connectivity index (χ2v) is 9.61. The third kappa shape index (κ3) is 5.36. The highest BCUT2D eigenvalue weighted by molar-refractivity contribution is 5.99. The first-order chi connectivity index (χ1) is 17.3. The van der Waals surface area contributed by atoms with Crippen LogP contribution in [0.5, 0.6) is 0 Å². The number of piperidine rings is 1. The van der Waals surface area contributed by atoms with Crippen LogP contribution in [-0.2, 0) is 6.54 Å². The molecule has 0 spiro atoms. The fourth-order valence-electron chi connectivity index (χ4n) is 4.97. The molecule has 3 aliphatic rings. The van der Waals surface area contributed by atoms with Crippen LogP contribution in [-0.4, -0.2) is 56.0 Å². The summed E-state index contributed by atoms with van der Waals surface area (Å²) in [6.45, 7) is 12.5. The lowest BCUT2D eigenvalue weighted by Gasteiger charge is -2.56. The number of aromatic amines is 1. The fraction of sp³-hybridized carbons (Fsp3) is 0.333. The molecule has 2 bridgehead atoms. The van der Waals surface area contributed by atoms with Crippen LogP contribution in [0.2, 0.25) is 0 Å². The van der Waals surface area contributed by atoms with Gasteiger partial charge in [0.1, 0.15) is 11.6 Å². The molecule has 36 heavy (non-hydrogen) atoms. The number of hydrogen-bond acceptors (Lipinski definition) is 7. The number of H-pyrrole nitrogens is 1. The van der Waals surface area contributed by atoms with Gasteiger partial charge in [-0.25, -0.2) is 9.37 Å². The zero-order valence-electron chi connectivity index (χ0n) is 20.9. The maximum atomic E-state index is 13.5. The van der Waals surface area contributed by atoms with Crippen molar-refractivity contribution < 1.29 is 4.39 Å². The Morgan fingerprint density at radius 3 is 2.69 bits per heavy atom. The van der Waals surface area contributed by atoms with E-state index in [1.54, 1.807) is 12.3 Å². The molecule has 186 valence electrons. The molecule has 6 heterocycles. The molecule has 0 amide bonds. The van der Waals surface area contributed by atoms with Gasteiger partial charge in [0.25, 0.3) is 0 Å². The van der Waals surface area contributed by atoms with Crippen molar-refractivity contribution in [1.29, 1.82) is 0 Å². The number of aryl methyl sites for hydroxylation is 1. The van der Waals surface area contributed by atoms with Gasteiger partial charge in [-0.3, -0.25) is 20.0 Å². The van der Waals surface area contributed by atoms with Crippen LogP contribution in [0.15, 0.2) is 71.9 Å². The number of allylic oxidation sites excluding steroid dienone is 2. The van der Waals surface area contributed by atoms with Crippen molar-refractivity contribution in [3.63, 3.8) is 0 Å². The lowest BCUT2D eigenvalue weighted by molar-refractivity contribution is -0.00882. The first-order valence-corrected chi connectivity index (χ1v) is 12.1. The zero-order valence-corrected chi connectivity index (χ0v) is 20.9. The predicted octanol–water partition coefficient (Wildman–Crippen LogP) is 4.45. The number of rotatable bonds is 8. The summed E-state index contributed by atoms with van der Waals surface area (Å²) >= 11 is 0. The van der Waals surface area contributed by atoms with Crippen LogP contribution in [0.4, 0.5) is 16.0 Å². The van der Waals surface area contributed by atoms with E-state index < -0.39 is 0 Å². The molecule has 2 unspecified atom stereocenters. The van der Waals surface area contributed by atoms with Gasteiger partial charge in [0.15, 0.2) is 5.82 Å². The minimum absolute atomic E-state index is 0.278. The predicted molar refractivity (Wildman–Crippen MR) is 140 cm³/mol. The molecular weight excluding hydrogens is 455 g/mol. The number of anilines is 2. The van der Waals surface area contributed by atoms with E-state index in [2.05, 4.69) is 49.0 Å². The summed E-state index contributed by atoms with van der Waals surface area (Å²) in [5.41, 5.74) is 5.34. The second-order valence-electron chi connectivity index (χ2n) is 9.61. The minimum Gasteiger partial charge on any atom is -0.353 e. The smallest absolute Gasteiger partial charge is 0.152 e. The highest BCUT2D eigenvalue weighted by Gasteiger charge is 2.44. The van der Waals surface area contributed by atoms with Crippen molar-refractivity contribution in [2.24, 2.45) is 4.99 Å². The van der Waals surface area contributed by atoms with E-state index in [1.807, 2.05) is 39.1 Å². The van der Waals surface area contributed by atoms with Crippen molar-refractivity contribution in [2.45, 2.75) is 45.8 Å². The van der Waals surface area contributed by atoms with E-state index in [-0.39, 0.29) is 5.82 Å². The first kappa shape index (κ1) is 23.9. The number of aromatic nitrogens is 4. The Balaban J connectivity index is 1.17. The van der Waals surface area contributed by atoms with Crippen molar-refractivity contribution in [2.75, 3.05) is 23.3 Å². The summed E-state index contributed by atoms with van der Waals surface area (Å²) in [5.74, 6) is 1.43. The molecule has 3 aromatic heterocycles. The monoisotopic (exact) mass is 486 g/mol. The van der Waals surface area contributed by atoms with E-state index in [0.717, 1.165) is 65.2 Å². The third-order valence-corrected chi connectivity index (χ3v) is 6.68. The number of aliphatic imine (C=N–C) groups is 1. The highest BCUT2D eigenvalue weighted by atomic mass is 19.1. The van der Waals surface area contributed by atoms with Gasteiger partial charge in [-0.1, -0.05) is 6.58 Å². The van der Waals surface area contributed by atoms with Crippen LogP contribution >= 0.6 is 0 Å². The van der Waals surface area contributed by atoms with Gasteiger partial charge >= 0.3 is 0 Å². The van der Waals surface area contributed by atoms with Crippen LogP contribution < -0.4 is 10.2 Å². The number of fused-ring (bicyclic) bond motifs is 2. The Morgan fingerprint density at radius 2 is 2.03 bits per heavy atom. The first-order valence-electron chi connectivity index (χ1n) is 12.1. The quantitative estimate of drug-likeness (QED) is 0.362. The number of pyridine rings is 2. The lowest BCUT2D eigenvalue weighted by atomic mass is 9.87. The van der Waals surface area contributed by atoms with Gasteiger partial charge in [0.05, 0.1) is 6.20 Å². The van der Waals surface area contributed by atoms with Gasteiger partial charge < -0.3 is 10.2 Å². The molecule has 2 atom stereocenters. The molecule has 3 saturated heterocycles. The Bertz CT molecular complexity index is 1300. The third-order valence-electron chi connectivity index (χ3n) is 6.68. The fourth-order valence-corrected chi connectivity index (χ4v) is 4.97. The number of hydrogen-bond donors (Lipinski definition) is 2. The van der Waals surface area contributed by atoms with Gasteiger partial charge in [0, 0.05) is 78.5 Å². The van der Waals surface area contributed by atoms with Gasteiger partial charge in [-0.05, 0) is 57.0 Å². The average Bonchev–Trinajstić information content (AvgIpc) is 3.26. The molecule has 6 rings (SSSR count). The average molecular weight is 487 g/mol. The molecule has 3 aliphatic heterocycles. The Morgan fingerprint density at radius 1 is 1.22 bits per heavy atom. The molecular formula is C27H31FN8.